The maximum absolute atomic E-state index is 13.1. The summed E-state index contributed by atoms with van der Waals surface area (Å²) in [6, 6.07) is 28.3. The average molecular weight is 552 g/mol. The molecule has 0 fully saturated rings. The number of hydrogen-bond donors (Lipinski definition) is 2. The van der Waals surface area contributed by atoms with Crippen molar-refractivity contribution in [1.29, 1.82) is 0 Å². The second-order valence-corrected chi connectivity index (χ2v) is 8.94. The number of nitrogens with zero attached hydrogens (tertiary/aromatic N) is 1. The summed E-state index contributed by atoms with van der Waals surface area (Å²) in [7, 11) is 0. The van der Waals surface area contributed by atoms with Crippen molar-refractivity contribution < 1.29 is 27.4 Å². The van der Waals surface area contributed by atoms with E-state index in [0.29, 0.717) is 33.5 Å². The molecule has 4 aromatic rings. The number of rotatable bonds is 6. The first-order valence-electron chi connectivity index (χ1n) is 11.8. The molecule has 4 aromatic carbocycles. The van der Waals surface area contributed by atoms with Gasteiger partial charge in [0.2, 0.25) is 0 Å². The van der Waals surface area contributed by atoms with Crippen LogP contribution >= 0.6 is 11.6 Å². The predicted molar refractivity (Wildman–Crippen MR) is 143 cm³/mol. The van der Waals surface area contributed by atoms with Crippen LogP contribution in [0.4, 0.5) is 23.7 Å². The maximum atomic E-state index is 13.1. The minimum atomic E-state index is -4.78. The number of urea groups is 1. The number of carbonyl (C=O) groups is 1. The molecule has 0 aliphatic carbocycles. The Bertz CT molecular complexity index is 1480. The van der Waals surface area contributed by atoms with Crippen LogP contribution < -0.4 is 20.2 Å². The van der Waals surface area contributed by atoms with Crippen molar-refractivity contribution >= 4 is 34.6 Å². The minimum Gasteiger partial charge on any atom is -0.457 e. The van der Waals surface area contributed by atoms with E-state index in [1.807, 2.05) is 30.3 Å². The number of amides is 2. The minimum absolute atomic E-state index is 0.226. The van der Waals surface area contributed by atoms with Crippen LogP contribution in [0, 0.1) is 0 Å². The van der Waals surface area contributed by atoms with Gasteiger partial charge in [-0.3, -0.25) is 5.43 Å². The van der Waals surface area contributed by atoms with E-state index in [1.165, 1.54) is 29.3 Å². The monoisotopic (exact) mass is 551 g/mol. The van der Waals surface area contributed by atoms with Gasteiger partial charge in [-0.1, -0.05) is 41.9 Å². The molecule has 0 aromatic heterocycles. The molecule has 5 rings (SSSR count). The van der Waals surface area contributed by atoms with E-state index < -0.39 is 12.4 Å². The highest BCUT2D eigenvalue weighted by atomic mass is 35.5. The Morgan fingerprint density at radius 3 is 2.00 bits per heavy atom. The van der Waals surface area contributed by atoms with Crippen LogP contribution in [0.2, 0.25) is 5.02 Å². The van der Waals surface area contributed by atoms with E-state index in [0.717, 1.165) is 11.1 Å². The first-order valence-corrected chi connectivity index (χ1v) is 12.1. The summed E-state index contributed by atoms with van der Waals surface area (Å²) < 4.78 is 47.5. The van der Waals surface area contributed by atoms with Gasteiger partial charge in [-0.05, 0) is 78.4 Å². The predicted octanol–water partition coefficient (Wildman–Crippen LogP) is 7.95. The molecule has 0 spiro atoms. The number of halogens is 4. The van der Waals surface area contributed by atoms with Crippen molar-refractivity contribution in [3.8, 4) is 17.2 Å². The summed E-state index contributed by atoms with van der Waals surface area (Å²) in [5.41, 5.74) is 6.52. The molecule has 0 atom stereocenters. The number of anilines is 1. The Kier molecular flexibility index (Phi) is 7.33. The molecule has 0 bridgehead atoms. The smallest absolute Gasteiger partial charge is 0.457 e. The fraction of sp³-hybridized carbons (Fsp3) is 0.0690. The summed E-state index contributed by atoms with van der Waals surface area (Å²) in [6.45, 7) is 0.226. The van der Waals surface area contributed by atoms with Crippen LogP contribution in [0.15, 0.2) is 103 Å². The van der Waals surface area contributed by atoms with Crippen molar-refractivity contribution in [2.75, 3.05) is 11.9 Å². The van der Waals surface area contributed by atoms with Gasteiger partial charge in [-0.15, -0.1) is 13.2 Å². The van der Waals surface area contributed by atoms with E-state index in [2.05, 4.69) is 15.5 Å². The van der Waals surface area contributed by atoms with E-state index >= 15 is 0 Å². The number of hydrogen-bond acceptors (Lipinski definition) is 4. The molecule has 1 heterocycles. The van der Waals surface area contributed by atoms with Crippen molar-refractivity contribution in [2.24, 2.45) is 0 Å². The zero-order valence-electron chi connectivity index (χ0n) is 20.2. The largest absolute Gasteiger partial charge is 0.573 e. The summed E-state index contributed by atoms with van der Waals surface area (Å²) in [4.78, 5) is 13.1. The molecule has 6 nitrogen and oxygen atoms in total. The SMILES string of the molecule is O=C(Nc1ccc(Oc2ccc(Cl)cc2)cc1)N1CC(c2ccccc2)=C(c2ccc(OC(F)(F)F)cc2)N1. The van der Waals surface area contributed by atoms with Gasteiger partial charge in [-0.2, -0.15) is 0 Å². The van der Waals surface area contributed by atoms with E-state index in [1.54, 1.807) is 48.5 Å². The van der Waals surface area contributed by atoms with Gasteiger partial charge >= 0.3 is 12.4 Å². The molecule has 0 saturated carbocycles. The molecule has 1 aliphatic rings. The molecule has 39 heavy (non-hydrogen) atoms. The van der Waals surface area contributed by atoms with Crippen LogP contribution in [0.5, 0.6) is 17.2 Å². The van der Waals surface area contributed by atoms with Crippen LogP contribution in [0.1, 0.15) is 11.1 Å². The first-order chi connectivity index (χ1) is 18.7. The van der Waals surface area contributed by atoms with Crippen molar-refractivity contribution in [3.05, 3.63) is 119 Å². The highest BCUT2D eigenvalue weighted by molar-refractivity contribution is 6.30. The molecule has 2 N–H and O–H groups in total. The normalized spacial score (nSPS) is 13.2. The van der Waals surface area contributed by atoms with Gasteiger partial charge in [0, 0.05) is 21.8 Å². The molecule has 0 radical (unpaired) electrons. The second kappa shape index (κ2) is 11.0. The van der Waals surface area contributed by atoms with Crippen LogP contribution in [0.25, 0.3) is 11.3 Å². The summed E-state index contributed by atoms with van der Waals surface area (Å²) in [6.07, 6.45) is -4.78. The Balaban J connectivity index is 1.29. The molecule has 10 heteroatoms. The number of alkyl halides is 3. The molecule has 1 aliphatic heterocycles. The third kappa shape index (κ3) is 6.63. The fourth-order valence-corrected chi connectivity index (χ4v) is 4.10. The molecule has 0 saturated heterocycles. The third-order valence-corrected chi connectivity index (χ3v) is 6.02. The van der Waals surface area contributed by atoms with Crippen molar-refractivity contribution in [3.63, 3.8) is 0 Å². The van der Waals surface area contributed by atoms with Gasteiger partial charge in [-0.25, -0.2) is 9.80 Å². The Labute approximate surface area is 227 Å². The quantitative estimate of drug-likeness (QED) is 0.255. The van der Waals surface area contributed by atoms with E-state index in [4.69, 9.17) is 16.3 Å². The number of ether oxygens (including phenoxy) is 2. The van der Waals surface area contributed by atoms with Crippen molar-refractivity contribution in [2.45, 2.75) is 6.36 Å². The van der Waals surface area contributed by atoms with Gasteiger partial charge in [0.1, 0.15) is 17.2 Å². The maximum Gasteiger partial charge on any atom is 0.573 e. The van der Waals surface area contributed by atoms with E-state index in [9.17, 15) is 18.0 Å². The highest BCUT2D eigenvalue weighted by Crippen LogP contribution is 2.32. The topological polar surface area (TPSA) is 62.8 Å². The van der Waals surface area contributed by atoms with Gasteiger partial charge < -0.3 is 14.8 Å². The third-order valence-electron chi connectivity index (χ3n) is 5.76. The standard InChI is InChI=1S/C29H21ClF3N3O3/c30-21-8-14-23(15-9-21)38-24-16-10-22(11-17-24)34-28(37)36-18-26(19-4-2-1-3-5-19)27(35-36)20-6-12-25(13-7-20)39-29(31,32)33/h1-17,35H,18H2,(H,34,37). The lowest BCUT2D eigenvalue weighted by molar-refractivity contribution is -0.274. The fourth-order valence-electron chi connectivity index (χ4n) is 3.97. The number of carbonyl (C=O) groups excluding carboxylic acids is 1. The van der Waals surface area contributed by atoms with Crippen LogP contribution in [0.3, 0.4) is 0 Å². The molecule has 0 unspecified atom stereocenters. The van der Waals surface area contributed by atoms with Gasteiger partial charge in [0.15, 0.2) is 0 Å². The van der Waals surface area contributed by atoms with Crippen LogP contribution in [-0.2, 0) is 0 Å². The second-order valence-electron chi connectivity index (χ2n) is 8.50. The Hall–Kier alpha value is -4.63. The van der Waals surface area contributed by atoms with Gasteiger partial charge in [0.05, 0.1) is 12.2 Å². The zero-order chi connectivity index (χ0) is 27.4. The summed E-state index contributed by atoms with van der Waals surface area (Å²) >= 11 is 5.90. The average Bonchev–Trinajstić information content (AvgIpc) is 3.37. The zero-order valence-corrected chi connectivity index (χ0v) is 21.0. The Morgan fingerprint density at radius 1 is 0.795 bits per heavy atom. The molecular formula is C29H21ClF3N3O3. The lowest BCUT2D eigenvalue weighted by Crippen LogP contribution is -2.40. The Morgan fingerprint density at radius 2 is 1.38 bits per heavy atom. The number of benzene rings is 4. The van der Waals surface area contributed by atoms with Crippen molar-refractivity contribution in [1.82, 2.24) is 10.4 Å². The lowest BCUT2D eigenvalue weighted by Gasteiger charge is -2.19. The molecular weight excluding hydrogens is 531 g/mol. The molecule has 198 valence electrons. The van der Waals surface area contributed by atoms with Crippen LogP contribution in [-0.4, -0.2) is 23.9 Å². The summed E-state index contributed by atoms with van der Waals surface area (Å²) in [5.74, 6) is 0.884. The summed E-state index contributed by atoms with van der Waals surface area (Å²) in [5, 5.41) is 4.85. The number of hydrazine groups is 1. The first kappa shape index (κ1) is 26.0. The lowest BCUT2D eigenvalue weighted by atomic mass is 10.0. The van der Waals surface area contributed by atoms with Gasteiger partial charge in [0.25, 0.3) is 0 Å². The highest BCUT2D eigenvalue weighted by Gasteiger charge is 2.31. The van der Waals surface area contributed by atoms with E-state index in [-0.39, 0.29) is 12.3 Å². The molecule has 2 amide bonds. The number of nitrogens with one attached hydrogen (secondary N) is 2.